The molecule has 0 aliphatic carbocycles. The van der Waals surface area contributed by atoms with Crippen LogP contribution in [0.5, 0.6) is 0 Å². The molecule has 0 spiro atoms. The van der Waals surface area contributed by atoms with Crippen molar-refractivity contribution in [2.24, 2.45) is 4.99 Å². The van der Waals surface area contributed by atoms with Gasteiger partial charge in [0.1, 0.15) is 0 Å². The van der Waals surface area contributed by atoms with Gasteiger partial charge < -0.3 is 4.74 Å². The zero-order valence-electron chi connectivity index (χ0n) is 12.3. The van der Waals surface area contributed by atoms with Gasteiger partial charge in [-0.2, -0.15) is 0 Å². The van der Waals surface area contributed by atoms with Crippen molar-refractivity contribution < 1.29 is 14.3 Å². The number of carbonyl (C=O) groups is 2. The molecule has 2 aromatic rings. The van der Waals surface area contributed by atoms with Crippen molar-refractivity contribution >= 4 is 18.1 Å². The molecule has 0 aliphatic heterocycles. The quantitative estimate of drug-likeness (QED) is 0.628. The minimum atomic E-state index is -0.340. The van der Waals surface area contributed by atoms with Gasteiger partial charge in [-0.25, -0.2) is 4.99 Å². The SMILES string of the molecule is COC(=O)CC(C=NC(=O)c1ccccc1)c1ccccc1. The molecule has 0 radical (unpaired) electrons. The molecule has 0 bridgehead atoms. The number of aliphatic imine (C=N–C) groups is 1. The van der Waals surface area contributed by atoms with Crippen LogP contribution in [0.3, 0.4) is 0 Å². The van der Waals surface area contributed by atoms with Gasteiger partial charge in [-0.15, -0.1) is 0 Å². The van der Waals surface area contributed by atoms with Gasteiger partial charge in [0.2, 0.25) is 0 Å². The van der Waals surface area contributed by atoms with Crippen LogP contribution in [0.25, 0.3) is 0 Å². The van der Waals surface area contributed by atoms with E-state index >= 15 is 0 Å². The van der Waals surface area contributed by atoms with Crippen LogP contribution >= 0.6 is 0 Å². The number of hydrogen-bond acceptors (Lipinski definition) is 3. The minimum Gasteiger partial charge on any atom is -0.469 e. The Balaban J connectivity index is 2.17. The maximum Gasteiger partial charge on any atom is 0.306 e. The van der Waals surface area contributed by atoms with Crippen molar-refractivity contribution in [3.8, 4) is 0 Å². The van der Waals surface area contributed by atoms with E-state index in [1.165, 1.54) is 13.3 Å². The maximum absolute atomic E-state index is 12.0. The van der Waals surface area contributed by atoms with Gasteiger partial charge in [-0.05, 0) is 17.7 Å². The van der Waals surface area contributed by atoms with Gasteiger partial charge in [0.25, 0.3) is 5.91 Å². The third-order valence-electron chi connectivity index (χ3n) is 3.23. The molecule has 4 nitrogen and oxygen atoms in total. The molecule has 0 aromatic heterocycles. The average molecular weight is 295 g/mol. The number of carbonyl (C=O) groups excluding carboxylic acids is 2. The second-order valence-corrected chi connectivity index (χ2v) is 4.75. The molecule has 22 heavy (non-hydrogen) atoms. The van der Waals surface area contributed by atoms with Crippen LogP contribution in [-0.2, 0) is 9.53 Å². The highest BCUT2D eigenvalue weighted by molar-refractivity contribution is 6.00. The van der Waals surface area contributed by atoms with Crippen molar-refractivity contribution in [2.75, 3.05) is 7.11 Å². The molecular weight excluding hydrogens is 278 g/mol. The lowest BCUT2D eigenvalue weighted by Gasteiger charge is -2.10. The lowest BCUT2D eigenvalue weighted by molar-refractivity contribution is -0.140. The predicted octanol–water partition coefficient (Wildman–Crippen LogP) is 3.24. The number of nitrogens with zero attached hydrogens (tertiary/aromatic N) is 1. The Morgan fingerprint density at radius 2 is 1.64 bits per heavy atom. The van der Waals surface area contributed by atoms with E-state index in [-0.39, 0.29) is 24.2 Å². The van der Waals surface area contributed by atoms with E-state index in [9.17, 15) is 9.59 Å². The number of rotatable bonds is 5. The summed E-state index contributed by atoms with van der Waals surface area (Å²) in [7, 11) is 1.34. The Morgan fingerprint density at radius 1 is 1.05 bits per heavy atom. The first-order valence-electron chi connectivity index (χ1n) is 6.96. The molecule has 0 heterocycles. The number of benzene rings is 2. The summed E-state index contributed by atoms with van der Waals surface area (Å²) in [5, 5.41) is 0. The fourth-order valence-electron chi connectivity index (χ4n) is 2.03. The zero-order chi connectivity index (χ0) is 15.8. The monoisotopic (exact) mass is 295 g/mol. The first-order valence-corrected chi connectivity index (χ1v) is 6.96. The number of esters is 1. The van der Waals surface area contributed by atoms with Gasteiger partial charge in [-0.1, -0.05) is 48.5 Å². The molecule has 0 fully saturated rings. The summed E-state index contributed by atoms with van der Waals surface area (Å²) in [6, 6.07) is 18.3. The normalized spacial score (nSPS) is 12.0. The Morgan fingerprint density at radius 3 is 2.23 bits per heavy atom. The van der Waals surface area contributed by atoms with Crippen molar-refractivity contribution in [1.82, 2.24) is 0 Å². The zero-order valence-corrected chi connectivity index (χ0v) is 12.3. The lowest BCUT2D eigenvalue weighted by atomic mass is 9.97. The van der Waals surface area contributed by atoms with E-state index < -0.39 is 0 Å². The Hall–Kier alpha value is -2.75. The van der Waals surface area contributed by atoms with Gasteiger partial charge >= 0.3 is 5.97 Å². The Kier molecular flexibility index (Phi) is 5.60. The molecule has 112 valence electrons. The summed E-state index contributed by atoms with van der Waals surface area (Å²) in [5.41, 5.74) is 1.43. The van der Waals surface area contributed by atoms with Crippen molar-refractivity contribution in [3.05, 3.63) is 71.8 Å². The molecule has 1 unspecified atom stereocenters. The highest BCUT2D eigenvalue weighted by atomic mass is 16.5. The molecular formula is C18H17NO3. The van der Waals surface area contributed by atoms with E-state index in [4.69, 9.17) is 4.74 Å². The summed E-state index contributed by atoms with van der Waals surface area (Å²) in [6.07, 6.45) is 1.66. The molecule has 0 N–H and O–H groups in total. The molecule has 0 aliphatic rings. The first-order chi connectivity index (χ1) is 10.7. The maximum atomic E-state index is 12.0. The third kappa shape index (κ3) is 4.38. The predicted molar refractivity (Wildman–Crippen MR) is 85.1 cm³/mol. The molecule has 2 rings (SSSR count). The fraction of sp³-hybridized carbons (Fsp3) is 0.167. The fourth-order valence-corrected chi connectivity index (χ4v) is 2.03. The third-order valence-corrected chi connectivity index (χ3v) is 3.23. The van der Waals surface area contributed by atoms with Crippen molar-refractivity contribution in [2.45, 2.75) is 12.3 Å². The topological polar surface area (TPSA) is 55.7 Å². The highest BCUT2D eigenvalue weighted by Gasteiger charge is 2.15. The van der Waals surface area contributed by atoms with Gasteiger partial charge in [-0.3, -0.25) is 9.59 Å². The summed E-state index contributed by atoms with van der Waals surface area (Å²) >= 11 is 0. The summed E-state index contributed by atoms with van der Waals surface area (Å²) < 4.78 is 4.71. The molecule has 1 amide bonds. The van der Waals surface area contributed by atoms with Crippen LogP contribution in [-0.4, -0.2) is 25.2 Å². The Labute approximate surface area is 129 Å². The largest absolute Gasteiger partial charge is 0.469 e. The molecule has 4 heteroatoms. The molecule has 0 saturated heterocycles. The standard InChI is InChI=1S/C18H17NO3/c1-22-17(20)12-16(14-8-4-2-5-9-14)13-19-18(21)15-10-6-3-7-11-15/h2-11,13,16H,12H2,1H3. The van der Waals surface area contributed by atoms with E-state index in [0.29, 0.717) is 5.56 Å². The molecule has 1 atom stereocenters. The van der Waals surface area contributed by atoms with Gasteiger partial charge in [0.15, 0.2) is 0 Å². The number of methoxy groups -OCH3 is 1. The number of hydrogen-bond donors (Lipinski definition) is 0. The number of amides is 1. The van der Waals surface area contributed by atoms with E-state index in [1.54, 1.807) is 24.3 Å². The highest BCUT2D eigenvalue weighted by Crippen LogP contribution is 2.18. The van der Waals surface area contributed by atoms with Crippen LogP contribution < -0.4 is 0 Å². The lowest BCUT2D eigenvalue weighted by Crippen LogP contribution is -2.10. The summed E-state index contributed by atoms with van der Waals surface area (Å²) in [5.74, 6) is -0.958. The summed E-state index contributed by atoms with van der Waals surface area (Å²) in [6.45, 7) is 0. The second kappa shape index (κ2) is 7.88. The minimum absolute atomic E-state index is 0.145. The van der Waals surface area contributed by atoms with Crippen molar-refractivity contribution in [1.29, 1.82) is 0 Å². The van der Waals surface area contributed by atoms with E-state index in [0.717, 1.165) is 5.56 Å². The second-order valence-electron chi connectivity index (χ2n) is 4.75. The van der Waals surface area contributed by atoms with E-state index in [1.807, 2.05) is 36.4 Å². The molecule has 0 saturated carbocycles. The number of ether oxygens (including phenoxy) is 1. The van der Waals surface area contributed by atoms with Crippen LogP contribution in [0.1, 0.15) is 28.3 Å². The van der Waals surface area contributed by atoms with Crippen LogP contribution in [0.15, 0.2) is 65.7 Å². The van der Waals surface area contributed by atoms with Crippen molar-refractivity contribution in [3.63, 3.8) is 0 Å². The molecule has 2 aromatic carbocycles. The first kappa shape index (κ1) is 15.6. The average Bonchev–Trinajstić information content (AvgIpc) is 2.59. The van der Waals surface area contributed by atoms with E-state index in [2.05, 4.69) is 4.99 Å². The van der Waals surface area contributed by atoms with Crippen LogP contribution in [0.4, 0.5) is 0 Å². The smallest absolute Gasteiger partial charge is 0.306 e. The summed E-state index contributed by atoms with van der Waals surface area (Å²) in [4.78, 5) is 27.5. The van der Waals surface area contributed by atoms with Gasteiger partial charge in [0, 0.05) is 17.7 Å². The Bertz CT molecular complexity index is 651. The van der Waals surface area contributed by atoms with Crippen LogP contribution in [0.2, 0.25) is 0 Å². The van der Waals surface area contributed by atoms with Gasteiger partial charge in [0.05, 0.1) is 13.5 Å². The van der Waals surface area contributed by atoms with Crippen LogP contribution in [0, 0.1) is 0 Å².